The van der Waals surface area contributed by atoms with Crippen LogP contribution < -0.4 is 9.47 Å². The van der Waals surface area contributed by atoms with Crippen LogP contribution in [0.1, 0.15) is 48.8 Å². The molecule has 206 valence electrons. The van der Waals surface area contributed by atoms with Gasteiger partial charge in [0.1, 0.15) is 11.5 Å². The summed E-state index contributed by atoms with van der Waals surface area (Å²) in [4.78, 5) is 0. The molecule has 0 bridgehead atoms. The van der Waals surface area contributed by atoms with Gasteiger partial charge >= 0.3 is 0 Å². The second kappa shape index (κ2) is 16.8. The van der Waals surface area contributed by atoms with E-state index in [4.69, 9.17) is 18.9 Å². The summed E-state index contributed by atoms with van der Waals surface area (Å²) in [6, 6.07) is 26.2. The molecule has 3 atom stereocenters. The van der Waals surface area contributed by atoms with E-state index in [-0.39, 0.29) is 18.8 Å². The molecule has 6 nitrogen and oxygen atoms in total. The van der Waals surface area contributed by atoms with Gasteiger partial charge in [0, 0.05) is 6.42 Å². The van der Waals surface area contributed by atoms with Gasteiger partial charge in [-0.15, -0.1) is 0 Å². The lowest BCUT2D eigenvalue weighted by molar-refractivity contribution is -0.0543. The number of aryl methyl sites for hydroxylation is 1. The van der Waals surface area contributed by atoms with Crippen molar-refractivity contribution in [1.29, 1.82) is 0 Å². The van der Waals surface area contributed by atoms with Crippen LogP contribution in [-0.2, 0) is 29.1 Å². The quantitative estimate of drug-likeness (QED) is 0.208. The summed E-state index contributed by atoms with van der Waals surface area (Å²) in [5.41, 5.74) is 3.44. The molecule has 0 spiro atoms. The highest BCUT2D eigenvalue weighted by Crippen LogP contribution is 2.22. The molecule has 38 heavy (non-hydrogen) atoms. The van der Waals surface area contributed by atoms with Crippen molar-refractivity contribution >= 4 is 0 Å². The van der Waals surface area contributed by atoms with Gasteiger partial charge in [-0.05, 0) is 66.6 Å². The van der Waals surface area contributed by atoms with Gasteiger partial charge in [0.2, 0.25) is 0 Å². The second-order valence-corrected chi connectivity index (χ2v) is 9.60. The first kappa shape index (κ1) is 29.7. The number of aliphatic hydroxyl groups excluding tert-OH is 2. The Morgan fingerprint density at radius 1 is 0.632 bits per heavy atom. The highest BCUT2D eigenvalue weighted by atomic mass is 16.5. The molecule has 0 aromatic heterocycles. The van der Waals surface area contributed by atoms with Gasteiger partial charge in [0.15, 0.2) is 0 Å². The van der Waals surface area contributed by atoms with Crippen LogP contribution in [0.5, 0.6) is 11.5 Å². The van der Waals surface area contributed by atoms with Crippen molar-refractivity contribution in [3.63, 3.8) is 0 Å². The normalized spacial score (nSPS) is 13.6. The first-order valence-corrected chi connectivity index (χ1v) is 13.4. The summed E-state index contributed by atoms with van der Waals surface area (Å²) in [6.07, 6.45) is 3.87. The van der Waals surface area contributed by atoms with E-state index in [1.807, 2.05) is 54.6 Å². The molecular weight excluding hydrogens is 480 g/mol. The second-order valence-electron chi connectivity index (χ2n) is 9.60. The highest BCUT2D eigenvalue weighted by molar-refractivity contribution is 5.27. The van der Waals surface area contributed by atoms with E-state index in [1.165, 1.54) is 5.56 Å². The number of methoxy groups -OCH3 is 2. The Labute approximate surface area is 227 Å². The summed E-state index contributed by atoms with van der Waals surface area (Å²) in [7, 11) is 3.30. The summed E-state index contributed by atoms with van der Waals surface area (Å²) in [5.74, 6) is 1.61. The van der Waals surface area contributed by atoms with Gasteiger partial charge in [0.05, 0.1) is 52.4 Å². The number of rotatable bonds is 18. The van der Waals surface area contributed by atoms with Crippen LogP contribution in [0.2, 0.25) is 0 Å². The molecular formula is C32H42O6. The van der Waals surface area contributed by atoms with Crippen LogP contribution in [0, 0.1) is 0 Å². The Morgan fingerprint density at radius 3 is 1.71 bits per heavy atom. The lowest BCUT2D eigenvalue weighted by atomic mass is 9.99. The number of hydrogen-bond acceptors (Lipinski definition) is 6. The molecule has 6 heteroatoms. The maximum Gasteiger partial charge on any atom is 0.118 e. The van der Waals surface area contributed by atoms with Crippen molar-refractivity contribution in [3.8, 4) is 11.5 Å². The lowest BCUT2D eigenvalue weighted by Gasteiger charge is -2.26. The minimum Gasteiger partial charge on any atom is -0.497 e. The van der Waals surface area contributed by atoms with Gasteiger partial charge in [-0.3, -0.25) is 0 Å². The number of ether oxygens (including phenoxy) is 4. The van der Waals surface area contributed by atoms with E-state index < -0.39 is 6.10 Å². The molecule has 3 aromatic carbocycles. The van der Waals surface area contributed by atoms with Gasteiger partial charge in [-0.2, -0.15) is 0 Å². The van der Waals surface area contributed by atoms with E-state index >= 15 is 0 Å². The van der Waals surface area contributed by atoms with Crippen molar-refractivity contribution in [2.75, 3.05) is 20.8 Å². The van der Waals surface area contributed by atoms with Crippen LogP contribution in [0.15, 0.2) is 78.9 Å². The molecule has 0 radical (unpaired) electrons. The van der Waals surface area contributed by atoms with Crippen LogP contribution >= 0.6 is 0 Å². The van der Waals surface area contributed by atoms with Gasteiger partial charge in [-0.25, -0.2) is 0 Å². The number of hydrogen-bond donors (Lipinski definition) is 2. The molecule has 0 aliphatic carbocycles. The SMILES string of the molecule is COc1ccc(CO[C@H](C[C@H](O)CO)C[C@H](CCCCc2ccccc2)OCc2ccc(OC)cc2)cc1. The van der Waals surface area contributed by atoms with Crippen molar-refractivity contribution in [2.45, 2.75) is 70.1 Å². The first-order valence-electron chi connectivity index (χ1n) is 13.4. The van der Waals surface area contributed by atoms with Crippen molar-refractivity contribution in [1.82, 2.24) is 0 Å². The Hall–Kier alpha value is -2.90. The number of aliphatic hydroxyl groups is 2. The third-order valence-electron chi connectivity index (χ3n) is 6.65. The molecule has 0 aliphatic heterocycles. The van der Waals surface area contributed by atoms with Gasteiger partial charge in [0.25, 0.3) is 0 Å². The van der Waals surface area contributed by atoms with Crippen molar-refractivity contribution in [2.24, 2.45) is 0 Å². The molecule has 0 saturated carbocycles. The molecule has 0 fully saturated rings. The number of unbranched alkanes of at least 4 members (excludes halogenated alkanes) is 1. The minimum atomic E-state index is -0.837. The smallest absolute Gasteiger partial charge is 0.118 e. The molecule has 0 amide bonds. The summed E-state index contributed by atoms with van der Waals surface area (Å²) in [6.45, 7) is 0.601. The molecule has 0 saturated heterocycles. The monoisotopic (exact) mass is 522 g/mol. The fraction of sp³-hybridized carbons (Fsp3) is 0.438. The van der Waals surface area contributed by atoms with Crippen LogP contribution in [0.3, 0.4) is 0 Å². The average molecular weight is 523 g/mol. The summed E-state index contributed by atoms with van der Waals surface area (Å²) < 4.78 is 23.2. The largest absolute Gasteiger partial charge is 0.497 e. The molecule has 0 unspecified atom stereocenters. The topological polar surface area (TPSA) is 77.4 Å². The fourth-order valence-electron chi connectivity index (χ4n) is 4.39. The Bertz CT molecular complexity index is 1010. The highest BCUT2D eigenvalue weighted by Gasteiger charge is 2.21. The summed E-state index contributed by atoms with van der Waals surface area (Å²) in [5, 5.41) is 19.7. The fourth-order valence-corrected chi connectivity index (χ4v) is 4.39. The maximum absolute atomic E-state index is 10.2. The lowest BCUT2D eigenvalue weighted by Crippen LogP contribution is -2.28. The van der Waals surface area contributed by atoms with E-state index in [1.54, 1.807) is 14.2 Å². The van der Waals surface area contributed by atoms with E-state index in [2.05, 4.69) is 24.3 Å². The standard InChI is InChI=1S/C32H42O6/c1-35-29-16-12-26(13-17-29)23-37-31(11-7-6-10-25-8-4-3-5-9-25)21-32(20-28(34)22-33)38-24-27-14-18-30(36-2)19-15-27/h3-5,8-9,12-19,28,31-34H,6-7,10-11,20-24H2,1-2H3/t28-,31-,32+/m0/s1. The Kier molecular flexibility index (Phi) is 13.1. The van der Waals surface area contributed by atoms with E-state index in [0.29, 0.717) is 26.1 Å². The molecule has 3 aromatic rings. The molecule has 0 heterocycles. The van der Waals surface area contributed by atoms with E-state index in [9.17, 15) is 10.2 Å². The third-order valence-corrected chi connectivity index (χ3v) is 6.65. The molecule has 3 rings (SSSR count). The zero-order valence-corrected chi connectivity index (χ0v) is 22.6. The van der Waals surface area contributed by atoms with Crippen LogP contribution in [0.4, 0.5) is 0 Å². The first-order chi connectivity index (χ1) is 18.6. The predicted molar refractivity (Wildman–Crippen MR) is 149 cm³/mol. The predicted octanol–water partition coefficient (Wildman–Crippen LogP) is 5.72. The zero-order chi connectivity index (χ0) is 27.0. The van der Waals surface area contributed by atoms with E-state index in [0.717, 1.165) is 48.3 Å². The van der Waals surface area contributed by atoms with Crippen LogP contribution in [0.25, 0.3) is 0 Å². The van der Waals surface area contributed by atoms with Crippen molar-refractivity contribution < 1.29 is 29.2 Å². The van der Waals surface area contributed by atoms with Crippen molar-refractivity contribution in [3.05, 3.63) is 95.6 Å². The maximum atomic E-state index is 10.2. The van der Waals surface area contributed by atoms with Gasteiger partial charge < -0.3 is 29.2 Å². The Balaban J connectivity index is 1.61. The van der Waals surface area contributed by atoms with Gasteiger partial charge in [-0.1, -0.05) is 61.0 Å². The Morgan fingerprint density at radius 2 is 1.18 bits per heavy atom. The van der Waals surface area contributed by atoms with Crippen LogP contribution in [-0.4, -0.2) is 49.4 Å². The third kappa shape index (κ3) is 10.8. The molecule has 2 N–H and O–H groups in total. The molecule has 0 aliphatic rings. The zero-order valence-electron chi connectivity index (χ0n) is 22.6. The minimum absolute atomic E-state index is 0.0420. The number of benzene rings is 3. The average Bonchev–Trinajstić information content (AvgIpc) is 2.97. The summed E-state index contributed by atoms with van der Waals surface area (Å²) >= 11 is 0.